The van der Waals surface area contributed by atoms with Gasteiger partial charge in [0.15, 0.2) is 6.39 Å². The summed E-state index contributed by atoms with van der Waals surface area (Å²) in [5.74, 6) is 0.757. The predicted molar refractivity (Wildman–Crippen MR) is 50.7 cm³/mol. The van der Waals surface area contributed by atoms with Gasteiger partial charge in [-0.2, -0.15) is 0 Å². The second kappa shape index (κ2) is 3.72. The SMILES string of the molecule is [c]1ccc(C=Cc2cnco2)cc1. The number of oxazole rings is 1. The van der Waals surface area contributed by atoms with Crippen LogP contribution in [0.2, 0.25) is 0 Å². The zero-order chi connectivity index (χ0) is 8.93. The van der Waals surface area contributed by atoms with Crippen molar-refractivity contribution in [2.75, 3.05) is 0 Å². The molecule has 2 nitrogen and oxygen atoms in total. The maximum absolute atomic E-state index is 5.05. The average Bonchev–Trinajstić information content (AvgIpc) is 2.69. The fourth-order valence-electron chi connectivity index (χ4n) is 0.997. The maximum Gasteiger partial charge on any atom is 0.181 e. The number of rotatable bonds is 2. The molecular weight excluding hydrogens is 162 g/mol. The Hall–Kier alpha value is -1.83. The van der Waals surface area contributed by atoms with E-state index in [1.54, 1.807) is 6.20 Å². The highest BCUT2D eigenvalue weighted by Crippen LogP contribution is 2.06. The van der Waals surface area contributed by atoms with Crippen LogP contribution in [0.15, 0.2) is 41.3 Å². The Labute approximate surface area is 76.5 Å². The number of hydrogen-bond donors (Lipinski definition) is 0. The van der Waals surface area contributed by atoms with Crippen LogP contribution in [0.3, 0.4) is 0 Å². The minimum absolute atomic E-state index is 0.757. The summed E-state index contributed by atoms with van der Waals surface area (Å²) in [5.41, 5.74) is 1.12. The summed E-state index contributed by atoms with van der Waals surface area (Å²) >= 11 is 0. The van der Waals surface area contributed by atoms with Crippen LogP contribution in [0.5, 0.6) is 0 Å². The molecule has 0 spiro atoms. The van der Waals surface area contributed by atoms with Crippen molar-refractivity contribution in [2.24, 2.45) is 0 Å². The van der Waals surface area contributed by atoms with Gasteiger partial charge in [0, 0.05) is 0 Å². The minimum Gasteiger partial charge on any atom is -0.444 e. The fraction of sp³-hybridized carbons (Fsp3) is 0. The Kier molecular flexibility index (Phi) is 2.23. The second-order valence-electron chi connectivity index (χ2n) is 2.57. The molecule has 0 aliphatic carbocycles. The standard InChI is InChI=1S/C11H8NO/c1-2-4-10(5-3-1)6-7-11-8-12-9-13-11/h2-9H. The van der Waals surface area contributed by atoms with Gasteiger partial charge < -0.3 is 4.42 Å². The van der Waals surface area contributed by atoms with E-state index in [0.29, 0.717) is 0 Å². The lowest BCUT2D eigenvalue weighted by atomic mass is 10.2. The first-order chi connectivity index (χ1) is 6.45. The van der Waals surface area contributed by atoms with Crippen LogP contribution >= 0.6 is 0 Å². The molecule has 0 unspecified atom stereocenters. The van der Waals surface area contributed by atoms with Crippen molar-refractivity contribution in [1.82, 2.24) is 4.98 Å². The molecule has 0 amide bonds. The smallest absolute Gasteiger partial charge is 0.181 e. The zero-order valence-corrected chi connectivity index (χ0v) is 6.97. The first kappa shape index (κ1) is 7.80. The lowest BCUT2D eigenvalue weighted by Gasteiger charge is -1.88. The molecule has 2 heteroatoms. The molecule has 1 heterocycles. The van der Waals surface area contributed by atoms with Gasteiger partial charge in [-0.05, 0) is 17.7 Å². The van der Waals surface area contributed by atoms with Crippen molar-refractivity contribution < 1.29 is 4.42 Å². The Morgan fingerprint density at radius 3 is 2.77 bits per heavy atom. The molecular formula is C11H8NO. The summed E-state index contributed by atoms with van der Waals surface area (Å²) in [5, 5.41) is 0. The van der Waals surface area contributed by atoms with E-state index < -0.39 is 0 Å². The van der Waals surface area contributed by atoms with Crippen LogP contribution in [0, 0.1) is 6.07 Å². The molecule has 13 heavy (non-hydrogen) atoms. The van der Waals surface area contributed by atoms with Gasteiger partial charge in [-0.3, -0.25) is 0 Å². The van der Waals surface area contributed by atoms with E-state index in [-0.39, 0.29) is 0 Å². The quantitative estimate of drug-likeness (QED) is 0.692. The van der Waals surface area contributed by atoms with Crippen molar-refractivity contribution in [1.29, 1.82) is 0 Å². The van der Waals surface area contributed by atoms with Crippen LogP contribution in [-0.2, 0) is 0 Å². The Bertz CT molecular complexity index is 376. The topological polar surface area (TPSA) is 26.0 Å². The molecule has 1 aromatic carbocycles. The van der Waals surface area contributed by atoms with Crippen LogP contribution in [-0.4, -0.2) is 4.98 Å². The van der Waals surface area contributed by atoms with Crippen LogP contribution in [0.4, 0.5) is 0 Å². The molecule has 63 valence electrons. The van der Waals surface area contributed by atoms with E-state index in [1.807, 2.05) is 36.4 Å². The minimum atomic E-state index is 0.757. The summed E-state index contributed by atoms with van der Waals surface area (Å²) in [6.07, 6.45) is 6.93. The highest BCUT2D eigenvalue weighted by atomic mass is 16.3. The largest absolute Gasteiger partial charge is 0.444 e. The van der Waals surface area contributed by atoms with Crippen LogP contribution in [0.25, 0.3) is 12.2 Å². The van der Waals surface area contributed by atoms with Crippen molar-refractivity contribution in [3.8, 4) is 0 Å². The summed E-state index contributed by atoms with van der Waals surface area (Å²) < 4.78 is 5.05. The average molecular weight is 170 g/mol. The summed E-state index contributed by atoms with van der Waals surface area (Å²) in [7, 11) is 0. The molecule has 0 N–H and O–H groups in total. The first-order valence-electron chi connectivity index (χ1n) is 3.98. The molecule has 0 bridgehead atoms. The third kappa shape index (κ3) is 2.06. The van der Waals surface area contributed by atoms with E-state index >= 15 is 0 Å². The van der Waals surface area contributed by atoms with E-state index in [1.165, 1.54) is 6.39 Å². The third-order valence-corrected chi connectivity index (χ3v) is 1.64. The lowest BCUT2D eigenvalue weighted by Crippen LogP contribution is -1.68. The Morgan fingerprint density at radius 1 is 1.23 bits per heavy atom. The van der Waals surface area contributed by atoms with Crippen LogP contribution < -0.4 is 0 Å². The maximum atomic E-state index is 5.05. The van der Waals surface area contributed by atoms with Crippen molar-refractivity contribution in [3.63, 3.8) is 0 Å². The molecule has 0 aliphatic rings. The molecule has 1 radical (unpaired) electrons. The monoisotopic (exact) mass is 170 g/mol. The van der Waals surface area contributed by atoms with Crippen LogP contribution in [0.1, 0.15) is 11.3 Å². The Balaban J connectivity index is 2.15. The summed E-state index contributed by atoms with van der Waals surface area (Å²) in [4.78, 5) is 3.81. The van der Waals surface area contributed by atoms with Gasteiger partial charge in [-0.1, -0.05) is 30.3 Å². The molecule has 0 fully saturated rings. The number of hydrogen-bond acceptors (Lipinski definition) is 2. The molecule has 2 aromatic rings. The Morgan fingerprint density at radius 2 is 2.08 bits per heavy atom. The van der Waals surface area contributed by atoms with Gasteiger partial charge in [-0.15, -0.1) is 0 Å². The van der Waals surface area contributed by atoms with E-state index in [9.17, 15) is 0 Å². The van der Waals surface area contributed by atoms with Gasteiger partial charge in [0.2, 0.25) is 0 Å². The highest BCUT2D eigenvalue weighted by molar-refractivity contribution is 5.66. The molecule has 0 atom stereocenters. The van der Waals surface area contributed by atoms with E-state index in [2.05, 4.69) is 11.1 Å². The molecule has 0 saturated heterocycles. The zero-order valence-electron chi connectivity index (χ0n) is 6.97. The highest BCUT2D eigenvalue weighted by Gasteiger charge is 1.88. The molecule has 0 aliphatic heterocycles. The first-order valence-corrected chi connectivity index (χ1v) is 3.98. The van der Waals surface area contributed by atoms with Gasteiger partial charge >= 0.3 is 0 Å². The summed E-state index contributed by atoms with van der Waals surface area (Å²) in [6, 6.07) is 10.7. The number of nitrogens with zero attached hydrogens (tertiary/aromatic N) is 1. The van der Waals surface area contributed by atoms with Gasteiger partial charge in [0.1, 0.15) is 5.76 Å². The molecule has 2 rings (SSSR count). The predicted octanol–water partition coefficient (Wildman–Crippen LogP) is 2.65. The van der Waals surface area contributed by atoms with Crippen molar-refractivity contribution >= 4 is 12.2 Å². The fourth-order valence-corrected chi connectivity index (χ4v) is 0.997. The molecule has 1 aromatic heterocycles. The van der Waals surface area contributed by atoms with Gasteiger partial charge in [0.05, 0.1) is 6.20 Å². The lowest BCUT2D eigenvalue weighted by molar-refractivity contribution is 0.548. The molecule has 0 saturated carbocycles. The van der Waals surface area contributed by atoms with E-state index in [0.717, 1.165) is 11.3 Å². The number of aromatic nitrogens is 1. The van der Waals surface area contributed by atoms with Crippen molar-refractivity contribution in [3.05, 3.63) is 54.2 Å². The number of benzene rings is 1. The second-order valence-corrected chi connectivity index (χ2v) is 2.57. The third-order valence-electron chi connectivity index (χ3n) is 1.64. The van der Waals surface area contributed by atoms with Gasteiger partial charge in [0.25, 0.3) is 0 Å². The van der Waals surface area contributed by atoms with Gasteiger partial charge in [-0.25, -0.2) is 4.98 Å². The summed E-state index contributed by atoms with van der Waals surface area (Å²) in [6.45, 7) is 0. The van der Waals surface area contributed by atoms with E-state index in [4.69, 9.17) is 4.42 Å². The normalized spacial score (nSPS) is 10.8. The van der Waals surface area contributed by atoms with Crippen molar-refractivity contribution in [2.45, 2.75) is 0 Å².